The van der Waals surface area contributed by atoms with Crippen LogP contribution in [0.1, 0.15) is 43.1 Å². The third-order valence-electron chi connectivity index (χ3n) is 4.73. The molecule has 3 nitrogen and oxygen atoms in total. The van der Waals surface area contributed by atoms with Gasteiger partial charge in [-0.25, -0.2) is 13.9 Å². The maximum absolute atomic E-state index is 13.3. The monoisotopic (exact) mass is 309 g/mol. The fourth-order valence-electron chi connectivity index (χ4n) is 3.53. The molecule has 0 fully saturated rings. The van der Waals surface area contributed by atoms with Crippen molar-refractivity contribution in [1.82, 2.24) is 14.6 Å². The molecule has 0 unspecified atom stereocenters. The van der Waals surface area contributed by atoms with Crippen LogP contribution in [0.3, 0.4) is 0 Å². The second kappa shape index (κ2) is 5.76. The van der Waals surface area contributed by atoms with Gasteiger partial charge in [0, 0.05) is 17.5 Å². The summed E-state index contributed by atoms with van der Waals surface area (Å²) in [5, 5.41) is 4.85. The number of aromatic nitrogens is 3. The van der Waals surface area contributed by atoms with Crippen LogP contribution in [0, 0.1) is 5.82 Å². The average molecular weight is 309 g/mol. The van der Waals surface area contributed by atoms with Gasteiger partial charge in [0.2, 0.25) is 0 Å². The van der Waals surface area contributed by atoms with Crippen molar-refractivity contribution in [3.05, 3.63) is 53.2 Å². The molecule has 118 valence electrons. The highest BCUT2D eigenvalue weighted by atomic mass is 19.1. The van der Waals surface area contributed by atoms with Crippen LogP contribution in [-0.4, -0.2) is 14.6 Å². The van der Waals surface area contributed by atoms with E-state index >= 15 is 0 Å². The Morgan fingerprint density at radius 3 is 2.65 bits per heavy atom. The van der Waals surface area contributed by atoms with E-state index in [1.54, 1.807) is 0 Å². The lowest BCUT2D eigenvalue weighted by Crippen LogP contribution is -2.04. The maximum atomic E-state index is 13.3. The van der Waals surface area contributed by atoms with E-state index in [0.29, 0.717) is 0 Å². The zero-order chi connectivity index (χ0) is 15.8. The van der Waals surface area contributed by atoms with Gasteiger partial charge in [-0.3, -0.25) is 0 Å². The molecular weight excluding hydrogens is 289 g/mol. The Bertz CT molecular complexity index is 849. The molecule has 4 heteroatoms. The van der Waals surface area contributed by atoms with Crippen molar-refractivity contribution in [3.8, 4) is 11.1 Å². The van der Waals surface area contributed by atoms with Gasteiger partial charge < -0.3 is 0 Å². The highest BCUT2D eigenvalue weighted by molar-refractivity contribution is 5.80. The van der Waals surface area contributed by atoms with E-state index in [0.717, 1.165) is 41.7 Å². The van der Waals surface area contributed by atoms with Crippen molar-refractivity contribution in [3.63, 3.8) is 0 Å². The molecule has 1 aliphatic rings. The van der Waals surface area contributed by atoms with Crippen molar-refractivity contribution >= 4 is 5.65 Å². The van der Waals surface area contributed by atoms with Crippen LogP contribution >= 0.6 is 0 Å². The van der Waals surface area contributed by atoms with Crippen LogP contribution in [0.15, 0.2) is 30.5 Å². The molecule has 0 atom stereocenters. The van der Waals surface area contributed by atoms with Gasteiger partial charge in [0.15, 0.2) is 5.65 Å². The van der Waals surface area contributed by atoms with E-state index in [1.165, 1.54) is 42.7 Å². The van der Waals surface area contributed by atoms with Crippen LogP contribution in [0.25, 0.3) is 16.8 Å². The van der Waals surface area contributed by atoms with Gasteiger partial charge in [0.1, 0.15) is 5.82 Å². The number of benzene rings is 1. The minimum Gasteiger partial charge on any atom is -0.236 e. The van der Waals surface area contributed by atoms with Gasteiger partial charge in [-0.15, -0.1) is 0 Å². The summed E-state index contributed by atoms with van der Waals surface area (Å²) < 4.78 is 15.3. The summed E-state index contributed by atoms with van der Waals surface area (Å²) in [4.78, 5) is 4.71. The Balaban J connectivity index is 1.97. The molecule has 1 aromatic carbocycles. The van der Waals surface area contributed by atoms with Crippen LogP contribution in [0.4, 0.5) is 4.39 Å². The van der Waals surface area contributed by atoms with E-state index in [9.17, 15) is 4.39 Å². The number of nitrogens with zero attached hydrogens (tertiary/aromatic N) is 3. The standard InChI is InChI=1S/C19H20FN3/c1-2-16-18(13-8-10-15(20)11-9-13)19-21-12-14-6-4-3-5-7-17(14)23(19)22-16/h8-12H,2-7H2,1H3. The minimum atomic E-state index is -0.218. The molecule has 0 aliphatic heterocycles. The van der Waals surface area contributed by atoms with Gasteiger partial charge in [-0.2, -0.15) is 5.10 Å². The quantitative estimate of drug-likeness (QED) is 0.658. The first-order valence-electron chi connectivity index (χ1n) is 8.42. The zero-order valence-electron chi connectivity index (χ0n) is 13.3. The second-order valence-electron chi connectivity index (χ2n) is 6.21. The summed E-state index contributed by atoms with van der Waals surface area (Å²) in [7, 11) is 0. The Morgan fingerprint density at radius 1 is 1.09 bits per heavy atom. The molecule has 23 heavy (non-hydrogen) atoms. The Hall–Kier alpha value is -2.23. The van der Waals surface area contributed by atoms with E-state index in [4.69, 9.17) is 10.1 Å². The van der Waals surface area contributed by atoms with Crippen molar-refractivity contribution < 1.29 is 4.39 Å². The summed E-state index contributed by atoms with van der Waals surface area (Å²) in [5.41, 5.74) is 6.58. The lowest BCUT2D eigenvalue weighted by Gasteiger charge is -2.08. The number of aryl methyl sites for hydroxylation is 3. The fourth-order valence-corrected chi connectivity index (χ4v) is 3.53. The van der Waals surface area contributed by atoms with E-state index in [-0.39, 0.29) is 5.82 Å². The van der Waals surface area contributed by atoms with E-state index in [2.05, 4.69) is 6.92 Å². The van der Waals surface area contributed by atoms with Crippen molar-refractivity contribution in [1.29, 1.82) is 0 Å². The minimum absolute atomic E-state index is 0.218. The molecule has 4 rings (SSSR count). The van der Waals surface area contributed by atoms with Gasteiger partial charge in [0.25, 0.3) is 0 Å². The predicted molar refractivity (Wildman–Crippen MR) is 89.0 cm³/mol. The van der Waals surface area contributed by atoms with Crippen LogP contribution in [0.5, 0.6) is 0 Å². The van der Waals surface area contributed by atoms with Gasteiger partial charge in [-0.1, -0.05) is 25.5 Å². The molecule has 0 saturated carbocycles. The summed E-state index contributed by atoms with van der Waals surface area (Å²) in [6.45, 7) is 2.10. The van der Waals surface area contributed by atoms with Crippen molar-refractivity contribution in [2.24, 2.45) is 0 Å². The molecule has 0 bridgehead atoms. The molecule has 1 aliphatic carbocycles. The molecule has 0 N–H and O–H groups in total. The molecule has 0 amide bonds. The number of hydrogen-bond acceptors (Lipinski definition) is 2. The third kappa shape index (κ3) is 2.42. The fraction of sp³-hybridized carbons (Fsp3) is 0.368. The third-order valence-corrected chi connectivity index (χ3v) is 4.73. The van der Waals surface area contributed by atoms with Gasteiger partial charge >= 0.3 is 0 Å². The molecule has 2 aromatic heterocycles. The first-order chi connectivity index (χ1) is 11.3. The maximum Gasteiger partial charge on any atom is 0.163 e. The second-order valence-corrected chi connectivity index (χ2v) is 6.21. The lowest BCUT2D eigenvalue weighted by atomic mass is 10.0. The Kier molecular flexibility index (Phi) is 3.60. The highest BCUT2D eigenvalue weighted by Gasteiger charge is 2.19. The van der Waals surface area contributed by atoms with Gasteiger partial charge in [0.05, 0.1) is 5.69 Å². The molecule has 0 radical (unpaired) electrons. The number of fused-ring (bicyclic) bond motifs is 3. The molecule has 0 spiro atoms. The molecular formula is C19H20FN3. The molecule has 3 aromatic rings. The first kappa shape index (κ1) is 14.4. The lowest BCUT2D eigenvalue weighted by molar-refractivity contribution is 0.628. The van der Waals surface area contributed by atoms with Crippen LogP contribution < -0.4 is 0 Å². The number of hydrogen-bond donors (Lipinski definition) is 0. The highest BCUT2D eigenvalue weighted by Crippen LogP contribution is 2.30. The number of rotatable bonds is 2. The van der Waals surface area contributed by atoms with E-state index in [1.807, 2.05) is 22.8 Å². The van der Waals surface area contributed by atoms with Crippen LogP contribution in [0.2, 0.25) is 0 Å². The summed E-state index contributed by atoms with van der Waals surface area (Å²) in [5.74, 6) is -0.218. The first-order valence-corrected chi connectivity index (χ1v) is 8.42. The predicted octanol–water partition coefficient (Wildman–Crippen LogP) is 4.37. The average Bonchev–Trinajstić information content (AvgIpc) is 2.78. The van der Waals surface area contributed by atoms with Crippen LogP contribution in [-0.2, 0) is 19.3 Å². The smallest absolute Gasteiger partial charge is 0.163 e. The molecule has 2 heterocycles. The Morgan fingerprint density at radius 2 is 1.87 bits per heavy atom. The SMILES string of the molecule is CCc1nn2c3c(cnc2c1-c1ccc(F)cc1)CCCCC3. The normalized spacial score (nSPS) is 14.7. The summed E-state index contributed by atoms with van der Waals surface area (Å²) in [6.07, 6.45) is 8.71. The summed E-state index contributed by atoms with van der Waals surface area (Å²) in [6, 6.07) is 6.64. The number of halogens is 1. The van der Waals surface area contributed by atoms with Crippen molar-refractivity contribution in [2.45, 2.75) is 45.4 Å². The largest absolute Gasteiger partial charge is 0.236 e. The topological polar surface area (TPSA) is 30.2 Å². The Labute approximate surface area is 135 Å². The molecule has 0 saturated heterocycles. The van der Waals surface area contributed by atoms with Gasteiger partial charge in [-0.05, 0) is 55.4 Å². The van der Waals surface area contributed by atoms with Crippen molar-refractivity contribution in [2.75, 3.05) is 0 Å². The zero-order valence-corrected chi connectivity index (χ0v) is 13.3. The van der Waals surface area contributed by atoms with E-state index < -0.39 is 0 Å². The summed E-state index contributed by atoms with van der Waals surface area (Å²) >= 11 is 0.